The van der Waals surface area contributed by atoms with E-state index in [0.29, 0.717) is 11.1 Å². The van der Waals surface area contributed by atoms with Crippen molar-refractivity contribution in [1.82, 2.24) is 9.88 Å². The maximum absolute atomic E-state index is 11.9. The maximum atomic E-state index is 11.9. The van der Waals surface area contributed by atoms with Crippen LogP contribution in [-0.2, 0) is 4.74 Å². The molecule has 2 aromatic heterocycles. The minimum atomic E-state index is -0.366. The summed E-state index contributed by atoms with van der Waals surface area (Å²) in [7, 11) is 3.54. The fourth-order valence-corrected chi connectivity index (χ4v) is 4.14. The molecule has 0 bridgehead atoms. The summed E-state index contributed by atoms with van der Waals surface area (Å²) in [5.74, 6) is -0.366. The SMILES string of the molecule is COC(=O)c1cccc(-c2coc3cc(-c4ccc(N5CCN(C)CC5)cc4)cnc23)c1. The number of pyridine rings is 1. The minimum Gasteiger partial charge on any atom is -0.465 e. The van der Waals surface area contributed by atoms with E-state index in [9.17, 15) is 4.79 Å². The van der Waals surface area contributed by atoms with Gasteiger partial charge in [-0.05, 0) is 48.5 Å². The largest absolute Gasteiger partial charge is 0.465 e. The normalized spacial score (nSPS) is 14.6. The fraction of sp³-hybridized carbons (Fsp3) is 0.231. The van der Waals surface area contributed by atoms with Crippen molar-refractivity contribution in [3.05, 3.63) is 72.6 Å². The zero-order chi connectivity index (χ0) is 22.1. The van der Waals surface area contributed by atoms with Crippen LogP contribution in [0.15, 0.2) is 71.5 Å². The zero-order valence-corrected chi connectivity index (χ0v) is 18.2. The van der Waals surface area contributed by atoms with Crippen LogP contribution < -0.4 is 4.90 Å². The highest BCUT2D eigenvalue weighted by Crippen LogP contribution is 2.32. The molecule has 1 saturated heterocycles. The number of benzene rings is 2. The van der Waals surface area contributed by atoms with Gasteiger partial charge < -0.3 is 19.0 Å². The van der Waals surface area contributed by atoms with Crippen molar-refractivity contribution < 1.29 is 13.9 Å². The van der Waals surface area contributed by atoms with Crippen LogP contribution in [0.25, 0.3) is 33.4 Å². The molecule has 0 aliphatic carbocycles. The molecule has 5 rings (SSSR count). The van der Waals surface area contributed by atoms with Crippen LogP contribution >= 0.6 is 0 Å². The Hall–Kier alpha value is -3.64. The van der Waals surface area contributed by atoms with Gasteiger partial charge in [0.15, 0.2) is 5.58 Å². The van der Waals surface area contributed by atoms with Crippen LogP contribution in [0.1, 0.15) is 10.4 Å². The molecule has 0 N–H and O–H groups in total. The highest BCUT2D eigenvalue weighted by Gasteiger charge is 2.16. The van der Waals surface area contributed by atoms with Crippen molar-refractivity contribution in [3.8, 4) is 22.3 Å². The van der Waals surface area contributed by atoms with E-state index in [2.05, 4.69) is 46.1 Å². The summed E-state index contributed by atoms with van der Waals surface area (Å²) < 4.78 is 10.7. The first-order valence-electron chi connectivity index (χ1n) is 10.7. The lowest BCUT2D eigenvalue weighted by molar-refractivity contribution is 0.0601. The van der Waals surface area contributed by atoms with E-state index in [4.69, 9.17) is 9.15 Å². The molecule has 162 valence electrons. The minimum absolute atomic E-state index is 0.366. The molecule has 0 saturated carbocycles. The highest BCUT2D eigenvalue weighted by atomic mass is 16.5. The third kappa shape index (κ3) is 3.85. The van der Waals surface area contributed by atoms with Crippen molar-refractivity contribution >= 4 is 22.8 Å². The lowest BCUT2D eigenvalue weighted by Crippen LogP contribution is -2.44. The van der Waals surface area contributed by atoms with Crippen LogP contribution in [0.5, 0.6) is 0 Å². The summed E-state index contributed by atoms with van der Waals surface area (Å²) >= 11 is 0. The molecule has 4 aromatic rings. The number of esters is 1. The van der Waals surface area contributed by atoms with Gasteiger partial charge in [-0.15, -0.1) is 0 Å². The second-order valence-corrected chi connectivity index (χ2v) is 8.13. The van der Waals surface area contributed by atoms with Crippen LogP contribution in [0.3, 0.4) is 0 Å². The van der Waals surface area contributed by atoms with Gasteiger partial charge in [-0.25, -0.2) is 4.79 Å². The summed E-state index contributed by atoms with van der Waals surface area (Å²) in [6.07, 6.45) is 3.56. The van der Waals surface area contributed by atoms with Gasteiger partial charge in [0.05, 0.1) is 12.7 Å². The second-order valence-electron chi connectivity index (χ2n) is 8.13. The molecule has 0 spiro atoms. The molecule has 3 heterocycles. The molecule has 6 nitrogen and oxygen atoms in total. The van der Waals surface area contributed by atoms with Gasteiger partial charge in [-0.3, -0.25) is 4.98 Å². The zero-order valence-electron chi connectivity index (χ0n) is 18.2. The molecular formula is C26H25N3O3. The van der Waals surface area contributed by atoms with Gasteiger partial charge in [0, 0.05) is 49.2 Å². The number of methoxy groups -OCH3 is 1. The van der Waals surface area contributed by atoms with E-state index in [0.717, 1.165) is 53.9 Å². The highest BCUT2D eigenvalue weighted by molar-refractivity contribution is 5.95. The number of piperazine rings is 1. The Morgan fingerprint density at radius 1 is 0.969 bits per heavy atom. The van der Waals surface area contributed by atoms with Crippen LogP contribution in [0.4, 0.5) is 5.69 Å². The molecule has 32 heavy (non-hydrogen) atoms. The van der Waals surface area contributed by atoms with Crippen LogP contribution in [0.2, 0.25) is 0 Å². The number of hydrogen-bond acceptors (Lipinski definition) is 6. The van der Waals surface area contributed by atoms with E-state index >= 15 is 0 Å². The smallest absolute Gasteiger partial charge is 0.337 e. The number of likely N-dealkylation sites (N-methyl/N-ethyl adjacent to an activating group) is 1. The summed E-state index contributed by atoms with van der Waals surface area (Å²) in [5, 5.41) is 0. The second kappa shape index (κ2) is 8.48. The topological polar surface area (TPSA) is 58.8 Å². The Bertz CT molecular complexity index is 1260. The maximum Gasteiger partial charge on any atom is 0.337 e. The van der Waals surface area contributed by atoms with Gasteiger partial charge in [0.25, 0.3) is 0 Å². The number of fused-ring (bicyclic) bond motifs is 1. The van der Waals surface area contributed by atoms with Gasteiger partial charge >= 0.3 is 5.97 Å². The van der Waals surface area contributed by atoms with Gasteiger partial charge in [0.1, 0.15) is 11.8 Å². The van der Waals surface area contributed by atoms with E-state index < -0.39 is 0 Å². The Balaban J connectivity index is 1.41. The number of hydrogen-bond donors (Lipinski definition) is 0. The van der Waals surface area contributed by atoms with E-state index in [1.807, 2.05) is 24.4 Å². The number of anilines is 1. The lowest BCUT2D eigenvalue weighted by atomic mass is 10.0. The number of nitrogens with zero attached hydrogens (tertiary/aromatic N) is 3. The van der Waals surface area contributed by atoms with Crippen molar-refractivity contribution in [3.63, 3.8) is 0 Å². The number of rotatable bonds is 4. The van der Waals surface area contributed by atoms with Crippen molar-refractivity contribution in [2.24, 2.45) is 0 Å². The van der Waals surface area contributed by atoms with E-state index in [1.54, 1.807) is 18.4 Å². The quantitative estimate of drug-likeness (QED) is 0.440. The van der Waals surface area contributed by atoms with Gasteiger partial charge in [-0.2, -0.15) is 0 Å². The molecular weight excluding hydrogens is 402 g/mol. The lowest BCUT2D eigenvalue weighted by Gasteiger charge is -2.34. The van der Waals surface area contributed by atoms with Crippen molar-refractivity contribution in [2.45, 2.75) is 0 Å². The third-order valence-corrected chi connectivity index (χ3v) is 6.08. The van der Waals surface area contributed by atoms with Crippen molar-refractivity contribution in [1.29, 1.82) is 0 Å². The Morgan fingerprint density at radius 2 is 1.75 bits per heavy atom. The fourth-order valence-electron chi connectivity index (χ4n) is 4.14. The molecule has 2 aromatic carbocycles. The average Bonchev–Trinajstić information content (AvgIpc) is 3.27. The van der Waals surface area contributed by atoms with E-state index in [1.165, 1.54) is 12.8 Å². The number of furan rings is 1. The summed E-state index contributed by atoms with van der Waals surface area (Å²) in [6, 6.07) is 17.9. The summed E-state index contributed by atoms with van der Waals surface area (Å²) in [6.45, 7) is 4.28. The number of aromatic nitrogens is 1. The number of carbonyl (C=O) groups excluding carboxylic acids is 1. The third-order valence-electron chi connectivity index (χ3n) is 6.08. The molecule has 0 amide bonds. The first kappa shape index (κ1) is 20.3. The number of carbonyl (C=O) groups is 1. The van der Waals surface area contributed by atoms with E-state index in [-0.39, 0.29) is 5.97 Å². The van der Waals surface area contributed by atoms with Gasteiger partial charge in [0.2, 0.25) is 0 Å². The average molecular weight is 428 g/mol. The number of ether oxygens (including phenoxy) is 1. The predicted octanol–water partition coefficient (Wildman–Crippen LogP) is 4.70. The predicted molar refractivity (Wildman–Crippen MR) is 126 cm³/mol. The molecule has 1 aliphatic rings. The Morgan fingerprint density at radius 3 is 2.50 bits per heavy atom. The first-order valence-corrected chi connectivity index (χ1v) is 10.7. The Labute approximate surface area is 187 Å². The summed E-state index contributed by atoms with van der Waals surface area (Å²) in [5.41, 5.74) is 7.05. The molecule has 1 aliphatic heterocycles. The molecule has 6 heteroatoms. The summed E-state index contributed by atoms with van der Waals surface area (Å²) in [4.78, 5) is 21.3. The van der Waals surface area contributed by atoms with Crippen molar-refractivity contribution in [2.75, 3.05) is 45.2 Å². The molecule has 0 unspecified atom stereocenters. The molecule has 0 atom stereocenters. The van der Waals surface area contributed by atoms with Gasteiger partial charge in [-0.1, -0.05) is 24.3 Å². The van der Waals surface area contributed by atoms with Crippen LogP contribution in [-0.4, -0.2) is 56.2 Å². The first-order chi connectivity index (χ1) is 15.6. The Kier molecular flexibility index (Phi) is 5.37. The standard InChI is InChI=1S/C26H25N3O3/c1-28-10-12-29(13-11-28)22-8-6-18(7-9-22)21-15-24-25(27-16-21)23(17-32-24)19-4-3-5-20(14-19)26(30)31-2/h3-9,14-17H,10-13H2,1-2H3. The molecule has 1 fully saturated rings. The monoisotopic (exact) mass is 427 g/mol. The van der Waals surface area contributed by atoms with Crippen LogP contribution in [0, 0.1) is 0 Å². The molecule has 0 radical (unpaired) electrons.